The number of carbonyl (C=O) groups excluding carboxylic acids is 2. The number of amides is 1. The van der Waals surface area contributed by atoms with Crippen LogP contribution in [0.5, 0.6) is 0 Å². The largest absolute Gasteiger partial charge is 0.550 e. The molecule has 1 aromatic rings. The van der Waals surface area contributed by atoms with E-state index in [1.807, 2.05) is 0 Å². The number of alkyl carbamates (subject to hydrolysis) is 1. The van der Waals surface area contributed by atoms with Crippen LogP contribution in [-0.2, 0) is 9.53 Å². The summed E-state index contributed by atoms with van der Waals surface area (Å²) >= 11 is 0. The van der Waals surface area contributed by atoms with Gasteiger partial charge in [-0.3, -0.25) is 0 Å². The summed E-state index contributed by atoms with van der Waals surface area (Å²) in [6.07, 6.45) is -1.57. The Morgan fingerprint density at radius 2 is 1.95 bits per heavy atom. The number of hydrogen-bond acceptors (Lipinski definition) is 4. The standard InChI is InChI=1S/C14H17F2NO4/c1-14(2,3)21-13(20)17-11(7-12(18)19)9-5-4-8(15)6-10(9)16/h4-6,11H,7H2,1-3H3,(H,17,20)(H,18,19)/p-1/t11-/m0/s1. The maximum absolute atomic E-state index is 13.7. The maximum Gasteiger partial charge on any atom is 0.408 e. The molecule has 0 radical (unpaired) electrons. The van der Waals surface area contributed by atoms with Crippen molar-refractivity contribution in [1.82, 2.24) is 5.32 Å². The van der Waals surface area contributed by atoms with E-state index in [0.717, 1.165) is 12.1 Å². The predicted octanol–water partition coefficient (Wildman–Crippen LogP) is 1.67. The Morgan fingerprint density at radius 1 is 1.33 bits per heavy atom. The van der Waals surface area contributed by atoms with Gasteiger partial charge in [0, 0.05) is 24.0 Å². The second-order valence-electron chi connectivity index (χ2n) is 5.44. The highest BCUT2D eigenvalue weighted by atomic mass is 19.1. The molecule has 0 spiro atoms. The van der Waals surface area contributed by atoms with Gasteiger partial charge in [-0.2, -0.15) is 0 Å². The number of aliphatic carboxylic acids is 1. The first-order valence-electron chi connectivity index (χ1n) is 6.23. The molecule has 0 aliphatic carbocycles. The third kappa shape index (κ3) is 5.76. The summed E-state index contributed by atoms with van der Waals surface area (Å²) in [7, 11) is 0. The first-order chi connectivity index (χ1) is 9.58. The summed E-state index contributed by atoms with van der Waals surface area (Å²) in [5.41, 5.74) is -0.955. The maximum atomic E-state index is 13.7. The van der Waals surface area contributed by atoms with E-state index in [-0.39, 0.29) is 5.56 Å². The minimum atomic E-state index is -1.49. The average molecular weight is 300 g/mol. The third-order valence-corrected chi connectivity index (χ3v) is 2.40. The van der Waals surface area contributed by atoms with Crippen LogP contribution < -0.4 is 10.4 Å². The molecule has 0 aliphatic rings. The summed E-state index contributed by atoms with van der Waals surface area (Å²) in [6, 6.07) is 1.42. The summed E-state index contributed by atoms with van der Waals surface area (Å²) in [5, 5.41) is 13.0. The average Bonchev–Trinajstić information content (AvgIpc) is 2.24. The number of carboxylic acid groups (broad SMARTS) is 1. The van der Waals surface area contributed by atoms with Crippen LogP contribution >= 0.6 is 0 Å². The molecule has 1 amide bonds. The topological polar surface area (TPSA) is 78.5 Å². The quantitative estimate of drug-likeness (QED) is 0.917. The van der Waals surface area contributed by atoms with Crippen molar-refractivity contribution in [3.8, 4) is 0 Å². The number of ether oxygens (including phenoxy) is 1. The van der Waals surface area contributed by atoms with Gasteiger partial charge in [0.2, 0.25) is 0 Å². The van der Waals surface area contributed by atoms with E-state index in [4.69, 9.17) is 4.74 Å². The van der Waals surface area contributed by atoms with E-state index >= 15 is 0 Å². The normalized spacial score (nSPS) is 12.6. The van der Waals surface area contributed by atoms with Crippen LogP contribution in [0.2, 0.25) is 0 Å². The van der Waals surface area contributed by atoms with Crippen LogP contribution in [-0.4, -0.2) is 17.7 Å². The molecule has 5 nitrogen and oxygen atoms in total. The molecule has 0 fully saturated rings. The van der Waals surface area contributed by atoms with Crippen LogP contribution in [0.15, 0.2) is 18.2 Å². The number of hydrogen-bond donors (Lipinski definition) is 1. The summed E-state index contributed by atoms with van der Waals surface area (Å²) in [5.74, 6) is -3.25. The van der Waals surface area contributed by atoms with Gasteiger partial charge in [0.05, 0.1) is 6.04 Å². The molecule has 7 heteroatoms. The minimum Gasteiger partial charge on any atom is -0.550 e. The van der Waals surface area contributed by atoms with Gasteiger partial charge in [-0.05, 0) is 26.8 Å². The zero-order valence-electron chi connectivity index (χ0n) is 11.9. The third-order valence-electron chi connectivity index (χ3n) is 2.40. The lowest BCUT2D eigenvalue weighted by Crippen LogP contribution is -2.38. The van der Waals surface area contributed by atoms with Crippen molar-refractivity contribution in [2.24, 2.45) is 0 Å². The number of halogens is 2. The van der Waals surface area contributed by atoms with E-state index in [2.05, 4.69) is 5.32 Å². The SMILES string of the molecule is CC(C)(C)OC(=O)N[C@@H](CC(=O)[O-])c1ccc(F)cc1F. The predicted molar refractivity (Wildman–Crippen MR) is 68.1 cm³/mol. The fraction of sp³-hybridized carbons (Fsp3) is 0.429. The van der Waals surface area contributed by atoms with Gasteiger partial charge in [-0.15, -0.1) is 0 Å². The van der Waals surface area contributed by atoms with Gasteiger partial charge in [0.25, 0.3) is 0 Å². The van der Waals surface area contributed by atoms with Crippen molar-refractivity contribution in [2.75, 3.05) is 0 Å². The first-order valence-corrected chi connectivity index (χ1v) is 6.23. The molecule has 116 valence electrons. The van der Waals surface area contributed by atoms with E-state index in [1.54, 1.807) is 20.8 Å². The monoisotopic (exact) mass is 300 g/mol. The smallest absolute Gasteiger partial charge is 0.408 e. The molecular formula is C14H16F2NO4-. The van der Waals surface area contributed by atoms with E-state index < -0.39 is 41.8 Å². The highest BCUT2D eigenvalue weighted by Gasteiger charge is 2.22. The Morgan fingerprint density at radius 3 is 2.43 bits per heavy atom. The van der Waals surface area contributed by atoms with Crippen LogP contribution in [0.4, 0.5) is 13.6 Å². The summed E-state index contributed by atoms with van der Waals surface area (Å²) in [6.45, 7) is 4.87. The molecular weight excluding hydrogens is 284 g/mol. The van der Waals surface area contributed by atoms with E-state index in [0.29, 0.717) is 6.07 Å². The number of carbonyl (C=O) groups is 2. The number of rotatable bonds is 4. The van der Waals surface area contributed by atoms with Crippen molar-refractivity contribution in [1.29, 1.82) is 0 Å². The molecule has 0 saturated carbocycles. The lowest BCUT2D eigenvalue weighted by Gasteiger charge is -2.24. The van der Waals surface area contributed by atoms with Crippen molar-refractivity contribution in [3.63, 3.8) is 0 Å². The van der Waals surface area contributed by atoms with Crippen LogP contribution in [0.1, 0.15) is 38.8 Å². The van der Waals surface area contributed by atoms with Crippen LogP contribution in [0.25, 0.3) is 0 Å². The fourth-order valence-corrected chi connectivity index (χ4v) is 1.64. The number of nitrogens with one attached hydrogen (secondary N) is 1. The molecule has 1 N–H and O–H groups in total. The van der Waals surface area contributed by atoms with Gasteiger partial charge in [-0.1, -0.05) is 6.07 Å². The Labute approximate surface area is 120 Å². The van der Waals surface area contributed by atoms with Crippen molar-refractivity contribution in [2.45, 2.75) is 38.8 Å². The van der Waals surface area contributed by atoms with Gasteiger partial charge in [0.1, 0.15) is 17.2 Å². The van der Waals surface area contributed by atoms with Gasteiger partial charge in [-0.25, -0.2) is 13.6 Å². The van der Waals surface area contributed by atoms with E-state index in [1.165, 1.54) is 0 Å². The molecule has 1 rings (SSSR count). The van der Waals surface area contributed by atoms with Gasteiger partial charge >= 0.3 is 6.09 Å². The lowest BCUT2D eigenvalue weighted by atomic mass is 10.0. The molecule has 1 aromatic carbocycles. The highest BCUT2D eigenvalue weighted by molar-refractivity contribution is 5.71. The second-order valence-corrected chi connectivity index (χ2v) is 5.44. The van der Waals surface area contributed by atoms with Crippen molar-refractivity contribution >= 4 is 12.1 Å². The van der Waals surface area contributed by atoms with Crippen molar-refractivity contribution in [3.05, 3.63) is 35.4 Å². The molecule has 0 aromatic heterocycles. The summed E-state index contributed by atoms with van der Waals surface area (Å²) in [4.78, 5) is 22.4. The Bertz CT molecular complexity index is 540. The number of benzene rings is 1. The molecule has 0 saturated heterocycles. The van der Waals surface area contributed by atoms with Gasteiger partial charge < -0.3 is 20.0 Å². The molecule has 0 heterocycles. The Balaban J connectivity index is 2.95. The summed E-state index contributed by atoms with van der Waals surface area (Å²) < 4.78 is 31.5. The van der Waals surface area contributed by atoms with Crippen LogP contribution in [0, 0.1) is 11.6 Å². The lowest BCUT2D eigenvalue weighted by molar-refractivity contribution is -0.306. The Kier molecular flexibility index (Phi) is 5.23. The minimum absolute atomic E-state index is 0.161. The van der Waals surface area contributed by atoms with Crippen molar-refractivity contribution < 1.29 is 28.2 Å². The Hall–Kier alpha value is -2.18. The zero-order chi connectivity index (χ0) is 16.2. The molecule has 0 aliphatic heterocycles. The second kappa shape index (κ2) is 6.51. The molecule has 0 bridgehead atoms. The van der Waals surface area contributed by atoms with E-state index in [9.17, 15) is 23.5 Å². The van der Waals surface area contributed by atoms with Gasteiger partial charge in [0.15, 0.2) is 0 Å². The van der Waals surface area contributed by atoms with Crippen LogP contribution in [0.3, 0.4) is 0 Å². The fourth-order valence-electron chi connectivity index (χ4n) is 1.64. The highest BCUT2D eigenvalue weighted by Crippen LogP contribution is 2.21. The molecule has 1 atom stereocenters. The molecule has 0 unspecified atom stereocenters. The first kappa shape index (κ1) is 16.9. The zero-order valence-corrected chi connectivity index (χ0v) is 11.9. The number of carboxylic acids is 1. The molecule has 21 heavy (non-hydrogen) atoms.